The zero-order valence-electron chi connectivity index (χ0n) is 11.1. The molecule has 1 atom stereocenters. The lowest BCUT2D eigenvalue weighted by molar-refractivity contribution is -0.142. The van der Waals surface area contributed by atoms with Gasteiger partial charge in [-0.15, -0.1) is 0 Å². The number of aliphatic carboxylic acids is 1. The van der Waals surface area contributed by atoms with Gasteiger partial charge in [0.15, 0.2) is 0 Å². The summed E-state index contributed by atoms with van der Waals surface area (Å²) in [5, 5.41) is 17.9. The van der Waals surface area contributed by atoms with Crippen LogP contribution in [0, 0.1) is 5.92 Å². The molecule has 1 heterocycles. The van der Waals surface area contributed by atoms with E-state index in [2.05, 4.69) is 4.72 Å². The first kappa shape index (κ1) is 16.4. The van der Waals surface area contributed by atoms with Gasteiger partial charge in [0.1, 0.15) is 0 Å². The SMILES string of the molecule is CC(O)CCCNS(=O)(=O)N1CCC(C(=O)O)CC1. The molecule has 0 radical (unpaired) electrons. The maximum atomic E-state index is 11.9. The van der Waals surface area contributed by atoms with Gasteiger partial charge in [0.2, 0.25) is 0 Å². The second kappa shape index (κ2) is 7.18. The van der Waals surface area contributed by atoms with Gasteiger partial charge < -0.3 is 10.2 Å². The topological polar surface area (TPSA) is 107 Å². The summed E-state index contributed by atoms with van der Waals surface area (Å²) in [7, 11) is -3.52. The van der Waals surface area contributed by atoms with Crippen molar-refractivity contribution < 1.29 is 23.4 Å². The van der Waals surface area contributed by atoms with Crippen molar-refractivity contribution in [2.45, 2.75) is 38.7 Å². The summed E-state index contributed by atoms with van der Waals surface area (Å²) in [6, 6.07) is 0. The molecule has 0 saturated carbocycles. The van der Waals surface area contributed by atoms with E-state index in [0.717, 1.165) is 0 Å². The van der Waals surface area contributed by atoms with Crippen molar-refractivity contribution >= 4 is 16.2 Å². The summed E-state index contributed by atoms with van der Waals surface area (Å²) < 4.78 is 27.6. The van der Waals surface area contributed by atoms with E-state index in [9.17, 15) is 13.2 Å². The molecule has 1 saturated heterocycles. The minimum absolute atomic E-state index is 0.239. The molecule has 1 aliphatic heterocycles. The van der Waals surface area contributed by atoms with Gasteiger partial charge in [-0.05, 0) is 32.6 Å². The highest BCUT2D eigenvalue weighted by molar-refractivity contribution is 7.87. The molecule has 0 spiro atoms. The largest absolute Gasteiger partial charge is 0.481 e. The second-order valence-corrected chi connectivity index (χ2v) is 6.66. The van der Waals surface area contributed by atoms with Crippen LogP contribution in [0.2, 0.25) is 0 Å². The molecule has 0 bridgehead atoms. The Morgan fingerprint density at radius 2 is 2.00 bits per heavy atom. The summed E-state index contributed by atoms with van der Waals surface area (Å²) in [4.78, 5) is 10.8. The molecule has 1 fully saturated rings. The maximum absolute atomic E-state index is 11.9. The molecule has 0 amide bonds. The van der Waals surface area contributed by atoms with E-state index in [1.165, 1.54) is 4.31 Å². The first-order valence-electron chi connectivity index (χ1n) is 6.48. The number of aliphatic hydroxyl groups is 1. The van der Waals surface area contributed by atoms with Gasteiger partial charge >= 0.3 is 5.97 Å². The molecule has 0 aliphatic carbocycles. The summed E-state index contributed by atoms with van der Waals surface area (Å²) in [6.07, 6.45) is 1.38. The van der Waals surface area contributed by atoms with Crippen molar-refractivity contribution in [2.24, 2.45) is 5.92 Å². The molecule has 1 aliphatic rings. The van der Waals surface area contributed by atoms with Crippen LogP contribution in [0.1, 0.15) is 32.6 Å². The normalized spacial score (nSPS) is 20.3. The molecule has 1 rings (SSSR count). The molecule has 0 aromatic rings. The molecular formula is C11H22N2O5S. The Hall–Kier alpha value is -0.700. The molecule has 0 aromatic heterocycles. The fraction of sp³-hybridized carbons (Fsp3) is 0.909. The highest BCUT2D eigenvalue weighted by Crippen LogP contribution is 2.19. The lowest BCUT2D eigenvalue weighted by Gasteiger charge is -2.29. The Morgan fingerprint density at radius 3 is 2.47 bits per heavy atom. The van der Waals surface area contributed by atoms with E-state index in [1.807, 2.05) is 0 Å². The quantitative estimate of drug-likeness (QED) is 0.563. The van der Waals surface area contributed by atoms with Gasteiger partial charge in [0, 0.05) is 19.6 Å². The van der Waals surface area contributed by atoms with E-state index in [4.69, 9.17) is 10.2 Å². The van der Waals surface area contributed by atoms with E-state index in [-0.39, 0.29) is 19.6 Å². The van der Waals surface area contributed by atoms with Crippen molar-refractivity contribution in [1.29, 1.82) is 0 Å². The van der Waals surface area contributed by atoms with Gasteiger partial charge in [-0.3, -0.25) is 4.79 Å². The highest BCUT2D eigenvalue weighted by atomic mass is 32.2. The third-order valence-electron chi connectivity index (χ3n) is 3.23. The average Bonchev–Trinajstić information content (AvgIpc) is 2.34. The van der Waals surface area contributed by atoms with Gasteiger partial charge in [-0.25, -0.2) is 4.72 Å². The van der Waals surface area contributed by atoms with Crippen LogP contribution in [0.15, 0.2) is 0 Å². The maximum Gasteiger partial charge on any atom is 0.306 e. The fourth-order valence-electron chi connectivity index (χ4n) is 2.03. The Kier molecular flexibility index (Phi) is 6.18. The number of nitrogens with one attached hydrogen (secondary N) is 1. The first-order chi connectivity index (χ1) is 8.83. The third-order valence-corrected chi connectivity index (χ3v) is 4.84. The van der Waals surface area contributed by atoms with Crippen LogP contribution in [0.3, 0.4) is 0 Å². The first-order valence-corrected chi connectivity index (χ1v) is 7.92. The van der Waals surface area contributed by atoms with Crippen LogP contribution in [0.25, 0.3) is 0 Å². The van der Waals surface area contributed by atoms with Crippen LogP contribution in [0.4, 0.5) is 0 Å². The van der Waals surface area contributed by atoms with Crippen molar-refractivity contribution in [1.82, 2.24) is 9.03 Å². The van der Waals surface area contributed by atoms with E-state index >= 15 is 0 Å². The predicted octanol–water partition coefficient (Wildman–Crippen LogP) is -0.222. The van der Waals surface area contributed by atoms with Crippen molar-refractivity contribution in [2.75, 3.05) is 19.6 Å². The van der Waals surface area contributed by atoms with Gasteiger partial charge in [-0.1, -0.05) is 0 Å². The van der Waals surface area contributed by atoms with Gasteiger partial charge in [0.05, 0.1) is 12.0 Å². The van der Waals surface area contributed by atoms with Crippen molar-refractivity contribution in [3.05, 3.63) is 0 Å². The average molecular weight is 294 g/mol. The molecule has 7 nitrogen and oxygen atoms in total. The summed E-state index contributed by atoms with van der Waals surface area (Å²) in [6.45, 7) is 2.42. The van der Waals surface area contributed by atoms with E-state index < -0.39 is 28.2 Å². The molecule has 8 heteroatoms. The second-order valence-electron chi connectivity index (χ2n) is 4.90. The Balaban J connectivity index is 2.36. The zero-order chi connectivity index (χ0) is 14.5. The predicted molar refractivity (Wildman–Crippen MR) is 69.8 cm³/mol. The standard InChI is InChI=1S/C11H22N2O5S/c1-9(14)3-2-6-12-19(17,18)13-7-4-10(5-8-13)11(15)16/h9-10,12,14H,2-8H2,1H3,(H,15,16). The van der Waals surface area contributed by atoms with Gasteiger partial charge in [-0.2, -0.15) is 12.7 Å². The smallest absolute Gasteiger partial charge is 0.306 e. The number of rotatable bonds is 7. The lowest BCUT2D eigenvalue weighted by atomic mass is 9.99. The fourth-order valence-corrected chi connectivity index (χ4v) is 3.31. The number of carbonyl (C=O) groups is 1. The third kappa shape index (κ3) is 5.43. The van der Waals surface area contributed by atoms with E-state index in [1.54, 1.807) is 6.92 Å². The monoisotopic (exact) mass is 294 g/mol. The molecular weight excluding hydrogens is 272 g/mol. The zero-order valence-corrected chi connectivity index (χ0v) is 11.9. The van der Waals surface area contributed by atoms with Crippen LogP contribution < -0.4 is 4.72 Å². The Morgan fingerprint density at radius 1 is 1.42 bits per heavy atom. The number of hydrogen-bond donors (Lipinski definition) is 3. The number of piperidine rings is 1. The van der Waals surface area contributed by atoms with E-state index in [0.29, 0.717) is 25.7 Å². The minimum Gasteiger partial charge on any atom is -0.481 e. The highest BCUT2D eigenvalue weighted by Gasteiger charge is 2.30. The molecule has 3 N–H and O–H groups in total. The molecule has 19 heavy (non-hydrogen) atoms. The van der Waals surface area contributed by atoms with Gasteiger partial charge in [0.25, 0.3) is 10.2 Å². The molecule has 1 unspecified atom stereocenters. The Labute approximate surface area is 113 Å². The van der Waals surface area contributed by atoms with Crippen LogP contribution in [-0.4, -0.2) is 54.6 Å². The van der Waals surface area contributed by atoms with Crippen molar-refractivity contribution in [3.8, 4) is 0 Å². The van der Waals surface area contributed by atoms with Crippen LogP contribution in [-0.2, 0) is 15.0 Å². The number of hydrogen-bond acceptors (Lipinski definition) is 4. The van der Waals surface area contributed by atoms with Crippen molar-refractivity contribution in [3.63, 3.8) is 0 Å². The number of carboxylic acids is 1. The van der Waals surface area contributed by atoms with Crippen LogP contribution >= 0.6 is 0 Å². The van der Waals surface area contributed by atoms with Crippen LogP contribution in [0.5, 0.6) is 0 Å². The number of carboxylic acid groups (broad SMARTS) is 1. The Bertz CT molecular complexity index is 388. The minimum atomic E-state index is -3.52. The lowest BCUT2D eigenvalue weighted by Crippen LogP contribution is -2.46. The molecule has 112 valence electrons. The number of aliphatic hydroxyl groups excluding tert-OH is 1. The number of nitrogens with zero attached hydrogens (tertiary/aromatic N) is 1. The summed E-state index contributed by atoms with van der Waals surface area (Å²) in [5.41, 5.74) is 0. The summed E-state index contributed by atoms with van der Waals surface area (Å²) in [5.74, 6) is -1.30. The summed E-state index contributed by atoms with van der Waals surface area (Å²) >= 11 is 0. The molecule has 0 aromatic carbocycles.